The van der Waals surface area contributed by atoms with Crippen molar-refractivity contribution in [3.63, 3.8) is 0 Å². The van der Waals surface area contributed by atoms with Gasteiger partial charge in [0.05, 0.1) is 0 Å². The molecule has 0 saturated carbocycles. The van der Waals surface area contributed by atoms with Gasteiger partial charge in [-0.2, -0.15) is 0 Å². The van der Waals surface area contributed by atoms with Crippen LogP contribution in [0.5, 0.6) is 5.75 Å². The molecule has 2 atom stereocenters. The molecule has 0 amide bonds. The first kappa shape index (κ1) is 13.9. The Morgan fingerprint density at radius 2 is 1.84 bits per heavy atom. The van der Waals surface area contributed by atoms with E-state index in [2.05, 4.69) is 32.2 Å². The molecule has 2 aromatic rings. The summed E-state index contributed by atoms with van der Waals surface area (Å²) in [6, 6.07) is 12.2. The van der Waals surface area contributed by atoms with E-state index in [9.17, 15) is 5.11 Å². The predicted octanol–water partition coefficient (Wildman–Crippen LogP) is 4.24. The molecule has 0 spiro atoms. The van der Waals surface area contributed by atoms with E-state index in [1.807, 2.05) is 30.3 Å². The van der Waals surface area contributed by atoms with E-state index in [-0.39, 0.29) is 6.04 Å². The summed E-state index contributed by atoms with van der Waals surface area (Å²) in [4.78, 5) is 0. The van der Waals surface area contributed by atoms with Gasteiger partial charge in [-0.1, -0.05) is 56.7 Å². The number of hydrogen-bond donors (Lipinski definition) is 2. The van der Waals surface area contributed by atoms with Crippen LogP contribution in [0.3, 0.4) is 0 Å². The molecule has 0 bridgehead atoms. The molecular weight excluding hydrogens is 234 g/mol. The number of benzene rings is 2. The van der Waals surface area contributed by atoms with Crippen molar-refractivity contribution in [2.45, 2.75) is 33.2 Å². The lowest BCUT2D eigenvalue weighted by Crippen LogP contribution is -2.24. The van der Waals surface area contributed by atoms with Gasteiger partial charge in [-0.25, -0.2) is 0 Å². The van der Waals surface area contributed by atoms with E-state index in [1.165, 1.54) is 6.42 Å². The molecule has 2 rings (SSSR count). The van der Waals surface area contributed by atoms with Crippen molar-refractivity contribution >= 4 is 10.8 Å². The van der Waals surface area contributed by atoms with Crippen LogP contribution in [0, 0.1) is 5.92 Å². The summed E-state index contributed by atoms with van der Waals surface area (Å²) in [6.45, 7) is 7.51. The second-order valence-electron chi connectivity index (χ2n) is 5.37. The molecule has 102 valence electrons. The van der Waals surface area contributed by atoms with Crippen molar-refractivity contribution < 1.29 is 5.11 Å². The maximum Gasteiger partial charge on any atom is 0.128 e. The minimum absolute atomic E-state index is 0.165. The fourth-order valence-corrected chi connectivity index (χ4v) is 2.25. The number of nitrogens with one attached hydrogen (secondary N) is 1. The highest BCUT2D eigenvalue weighted by Gasteiger charge is 2.13. The Morgan fingerprint density at radius 3 is 2.58 bits per heavy atom. The van der Waals surface area contributed by atoms with Crippen LogP contribution in [0.4, 0.5) is 0 Å². The number of phenols is 1. The summed E-state index contributed by atoms with van der Waals surface area (Å²) in [6.07, 6.45) is 1.17. The van der Waals surface area contributed by atoms with Crippen molar-refractivity contribution in [3.05, 3.63) is 42.0 Å². The van der Waals surface area contributed by atoms with Gasteiger partial charge in [0.2, 0.25) is 0 Å². The average molecular weight is 257 g/mol. The molecule has 2 unspecified atom stereocenters. The summed E-state index contributed by atoms with van der Waals surface area (Å²) in [5.74, 6) is 1.06. The number of aromatic hydroxyl groups is 1. The molecular formula is C17H23NO. The lowest BCUT2D eigenvalue weighted by atomic mass is 10.0. The average Bonchev–Trinajstić information content (AvgIpc) is 2.45. The van der Waals surface area contributed by atoms with E-state index < -0.39 is 0 Å². The lowest BCUT2D eigenvalue weighted by Gasteiger charge is -2.19. The fourth-order valence-electron chi connectivity index (χ4n) is 2.25. The second kappa shape index (κ2) is 6.07. The Kier molecular flexibility index (Phi) is 4.43. The Bertz CT molecular complexity index is 550. The minimum Gasteiger partial charge on any atom is -0.507 e. The zero-order valence-electron chi connectivity index (χ0n) is 12.0. The Morgan fingerprint density at radius 1 is 1.11 bits per heavy atom. The fraction of sp³-hybridized carbons (Fsp3) is 0.412. The molecule has 19 heavy (non-hydrogen) atoms. The SMILES string of the molecule is CCC(C)CNC(C)c1ccc2ccccc2c1O. The molecule has 0 heterocycles. The molecule has 2 aromatic carbocycles. The van der Waals surface area contributed by atoms with Gasteiger partial charge in [0.1, 0.15) is 5.75 Å². The number of hydrogen-bond acceptors (Lipinski definition) is 2. The number of phenolic OH excluding ortho intramolecular Hbond substituents is 1. The Labute approximate surface area is 115 Å². The third-order valence-electron chi connectivity index (χ3n) is 3.87. The third-order valence-corrected chi connectivity index (χ3v) is 3.87. The highest BCUT2D eigenvalue weighted by atomic mass is 16.3. The molecule has 2 heteroatoms. The van der Waals surface area contributed by atoms with Crippen molar-refractivity contribution in [2.24, 2.45) is 5.92 Å². The molecule has 2 nitrogen and oxygen atoms in total. The first-order chi connectivity index (χ1) is 9.13. The van der Waals surface area contributed by atoms with Gasteiger partial charge in [-0.15, -0.1) is 0 Å². The first-order valence-corrected chi connectivity index (χ1v) is 7.07. The summed E-state index contributed by atoms with van der Waals surface area (Å²) in [7, 11) is 0. The molecule has 2 N–H and O–H groups in total. The summed E-state index contributed by atoms with van der Waals surface area (Å²) in [5, 5.41) is 15.9. The summed E-state index contributed by atoms with van der Waals surface area (Å²) >= 11 is 0. The van der Waals surface area contributed by atoms with Crippen molar-refractivity contribution in [1.82, 2.24) is 5.32 Å². The smallest absolute Gasteiger partial charge is 0.128 e. The van der Waals surface area contributed by atoms with Crippen LogP contribution in [0.2, 0.25) is 0 Å². The molecule has 0 aliphatic carbocycles. The molecule has 0 aromatic heterocycles. The van der Waals surface area contributed by atoms with Crippen molar-refractivity contribution in [2.75, 3.05) is 6.54 Å². The quantitative estimate of drug-likeness (QED) is 0.839. The summed E-state index contributed by atoms with van der Waals surface area (Å²) in [5.41, 5.74) is 0.974. The highest BCUT2D eigenvalue weighted by Crippen LogP contribution is 2.32. The predicted molar refractivity (Wildman–Crippen MR) is 81.5 cm³/mol. The maximum absolute atomic E-state index is 10.4. The van der Waals surface area contributed by atoms with Gasteiger partial charge in [0, 0.05) is 17.0 Å². The van der Waals surface area contributed by atoms with Gasteiger partial charge in [0.15, 0.2) is 0 Å². The van der Waals surface area contributed by atoms with Gasteiger partial charge < -0.3 is 10.4 Å². The number of fused-ring (bicyclic) bond motifs is 1. The van der Waals surface area contributed by atoms with E-state index in [0.29, 0.717) is 11.7 Å². The summed E-state index contributed by atoms with van der Waals surface area (Å²) < 4.78 is 0. The molecule has 0 saturated heterocycles. The van der Waals surface area contributed by atoms with Crippen LogP contribution in [-0.4, -0.2) is 11.7 Å². The standard InChI is InChI=1S/C17H23NO/c1-4-12(2)11-18-13(3)15-10-9-14-7-5-6-8-16(14)17(15)19/h5-10,12-13,18-19H,4,11H2,1-3H3. The van der Waals surface area contributed by atoms with Gasteiger partial charge in [-0.05, 0) is 24.8 Å². The van der Waals surface area contributed by atoms with Crippen LogP contribution >= 0.6 is 0 Å². The minimum atomic E-state index is 0.165. The second-order valence-corrected chi connectivity index (χ2v) is 5.37. The maximum atomic E-state index is 10.4. The highest BCUT2D eigenvalue weighted by molar-refractivity contribution is 5.89. The number of rotatable bonds is 5. The normalized spacial score (nSPS) is 14.5. The monoisotopic (exact) mass is 257 g/mol. The van der Waals surface area contributed by atoms with E-state index in [0.717, 1.165) is 22.9 Å². The van der Waals surface area contributed by atoms with Crippen LogP contribution in [0.25, 0.3) is 10.8 Å². The first-order valence-electron chi connectivity index (χ1n) is 7.07. The molecule has 0 aliphatic heterocycles. The van der Waals surface area contributed by atoms with Gasteiger partial charge in [-0.3, -0.25) is 0 Å². The Balaban J connectivity index is 2.22. The molecule has 0 radical (unpaired) electrons. The zero-order chi connectivity index (χ0) is 13.8. The third kappa shape index (κ3) is 3.07. The van der Waals surface area contributed by atoms with E-state index in [1.54, 1.807) is 0 Å². The van der Waals surface area contributed by atoms with Crippen molar-refractivity contribution in [1.29, 1.82) is 0 Å². The largest absolute Gasteiger partial charge is 0.507 e. The Hall–Kier alpha value is -1.54. The molecule has 0 fully saturated rings. The lowest BCUT2D eigenvalue weighted by molar-refractivity contribution is 0.435. The van der Waals surface area contributed by atoms with Crippen LogP contribution in [0.15, 0.2) is 36.4 Å². The van der Waals surface area contributed by atoms with Crippen LogP contribution < -0.4 is 5.32 Å². The van der Waals surface area contributed by atoms with Crippen LogP contribution in [0.1, 0.15) is 38.8 Å². The van der Waals surface area contributed by atoms with Crippen LogP contribution in [-0.2, 0) is 0 Å². The van der Waals surface area contributed by atoms with Crippen molar-refractivity contribution in [3.8, 4) is 5.75 Å². The van der Waals surface area contributed by atoms with Gasteiger partial charge >= 0.3 is 0 Å². The topological polar surface area (TPSA) is 32.3 Å². The van der Waals surface area contributed by atoms with Gasteiger partial charge in [0.25, 0.3) is 0 Å². The zero-order valence-corrected chi connectivity index (χ0v) is 12.0. The molecule has 0 aliphatic rings. The van der Waals surface area contributed by atoms with E-state index >= 15 is 0 Å². The van der Waals surface area contributed by atoms with E-state index in [4.69, 9.17) is 0 Å².